The Kier molecular flexibility index (Phi) is 5.01. The highest BCUT2D eigenvalue weighted by Crippen LogP contribution is 2.15. The number of amides is 1. The van der Waals surface area contributed by atoms with Gasteiger partial charge in [0.25, 0.3) is 0 Å². The zero-order valence-electron chi connectivity index (χ0n) is 11.5. The van der Waals surface area contributed by atoms with Crippen LogP contribution in [0.5, 0.6) is 0 Å². The molecule has 102 valence electrons. The van der Waals surface area contributed by atoms with E-state index in [-0.39, 0.29) is 12.3 Å². The highest BCUT2D eigenvalue weighted by atomic mass is 32.2. The summed E-state index contributed by atoms with van der Waals surface area (Å²) < 4.78 is 27.6. The minimum atomic E-state index is -3.21. The van der Waals surface area contributed by atoms with Crippen molar-refractivity contribution >= 4 is 15.9 Å². The van der Waals surface area contributed by atoms with Crippen molar-refractivity contribution in [2.75, 3.05) is 12.3 Å². The van der Waals surface area contributed by atoms with E-state index < -0.39 is 26.3 Å². The van der Waals surface area contributed by atoms with Crippen LogP contribution in [0, 0.1) is 0 Å². The molecule has 5 nitrogen and oxygen atoms in total. The number of carbonyl (C=O) groups excluding carboxylic acids is 1. The van der Waals surface area contributed by atoms with Crippen LogP contribution in [-0.2, 0) is 14.6 Å². The molecule has 1 amide bonds. The van der Waals surface area contributed by atoms with Gasteiger partial charge >= 0.3 is 6.09 Å². The molecule has 0 aliphatic rings. The van der Waals surface area contributed by atoms with Gasteiger partial charge in [-0.05, 0) is 41.5 Å². The van der Waals surface area contributed by atoms with Crippen LogP contribution in [0.4, 0.5) is 4.79 Å². The first-order valence-corrected chi connectivity index (χ1v) is 7.19. The number of hydrogen-bond donors (Lipinski definition) is 1. The highest BCUT2D eigenvalue weighted by molar-refractivity contribution is 7.92. The standard InChI is InChI=1S/C11H23NO4S/c1-10(2,3)16-9(13)12-7-8-17(14,15)11(4,5)6/h7-8H2,1-6H3,(H,12,13). The van der Waals surface area contributed by atoms with Crippen molar-refractivity contribution in [1.82, 2.24) is 5.32 Å². The molecule has 0 spiro atoms. The molecule has 0 radical (unpaired) electrons. The lowest BCUT2D eigenvalue weighted by atomic mass is 10.2. The van der Waals surface area contributed by atoms with E-state index >= 15 is 0 Å². The molecular formula is C11H23NO4S. The minimum Gasteiger partial charge on any atom is -0.444 e. The summed E-state index contributed by atoms with van der Waals surface area (Å²) in [5, 5.41) is 2.43. The number of hydrogen-bond acceptors (Lipinski definition) is 4. The van der Waals surface area contributed by atoms with E-state index in [9.17, 15) is 13.2 Å². The average molecular weight is 265 g/mol. The Hall–Kier alpha value is -0.780. The number of sulfone groups is 1. The quantitative estimate of drug-likeness (QED) is 0.843. The van der Waals surface area contributed by atoms with Crippen molar-refractivity contribution in [3.05, 3.63) is 0 Å². The summed E-state index contributed by atoms with van der Waals surface area (Å²) in [7, 11) is -3.21. The van der Waals surface area contributed by atoms with Crippen LogP contribution in [0.1, 0.15) is 41.5 Å². The number of carbonyl (C=O) groups is 1. The number of alkyl carbamates (subject to hydrolysis) is 1. The molecule has 0 saturated carbocycles. The fourth-order valence-electron chi connectivity index (χ4n) is 0.908. The van der Waals surface area contributed by atoms with Crippen LogP contribution < -0.4 is 5.32 Å². The predicted molar refractivity (Wildman–Crippen MR) is 67.8 cm³/mol. The maximum Gasteiger partial charge on any atom is 0.407 e. The molecule has 0 bridgehead atoms. The smallest absolute Gasteiger partial charge is 0.407 e. The molecule has 0 heterocycles. The molecule has 0 aliphatic heterocycles. The van der Waals surface area contributed by atoms with Gasteiger partial charge in [0.05, 0.1) is 10.5 Å². The molecule has 0 aromatic heterocycles. The summed E-state index contributed by atoms with van der Waals surface area (Å²) >= 11 is 0. The first-order chi connectivity index (χ1) is 7.35. The lowest BCUT2D eigenvalue weighted by molar-refractivity contribution is 0.0531. The third-order valence-electron chi connectivity index (χ3n) is 1.97. The molecule has 1 N–H and O–H groups in total. The largest absolute Gasteiger partial charge is 0.444 e. The van der Waals surface area contributed by atoms with Crippen molar-refractivity contribution < 1.29 is 17.9 Å². The molecule has 0 aromatic rings. The van der Waals surface area contributed by atoms with E-state index in [1.807, 2.05) is 0 Å². The van der Waals surface area contributed by atoms with E-state index in [1.54, 1.807) is 41.5 Å². The van der Waals surface area contributed by atoms with E-state index in [0.717, 1.165) is 0 Å². The Morgan fingerprint density at radius 1 is 1.12 bits per heavy atom. The summed E-state index contributed by atoms with van der Waals surface area (Å²) in [6.45, 7) is 10.2. The van der Waals surface area contributed by atoms with Gasteiger partial charge in [-0.1, -0.05) is 0 Å². The minimum absolute atomic E-state index is 0.0640. The van der Waals surface area contributed by atoms with Crippen LogP contribution in [0.3, 0.4) is 0 Å². The monoisotopic (exact) mass is 265 g/mol. The Balaban J connectivity index is 4.15. The van der Waals surface area contributed by atoms with Gasteiger partial charge in [0, 0.05) is 6.54 Å². The second kappa shape index (κ2) is 5.25. The Morgan fingerprint density at radius 2 is 1.59 bits per heavy atom. The molecule has 0 atom stereocenters. The first kappa shape index (κ1) is 16.2. The summed E-state index contributed by atoms with van der Waals surface area (Å²) in [4.78, 5) is 11.3. The fourth-order valence-corrected chi connectivity index (χ4v) is 1.89. The molecule has 0 aliphatic carbocycles. The van der Waals surface area contributed by atoms with Gasteiger partial charge in [0.2, 0.25) is 0 Å². The van der Waals surface area contributed by atoms with Crippen LogP contribution in [0.15, 0.2) is 0 Å². The van der Waals surface area contributed by atoms with Crippen molar-refractivity contribution in [3.8, 4) is 0 Å². The molecule has 0 aromatic carbocycles. The predicted octanol–water partition coefficient (Wildman–Crippen LogP) is 1.72. The van der Waals surface area contributed by atoms with Crippen molar-refractivity contribution in [1.29, 1.82) is 0 Å². The number of ether oxygens (including phenoxy) is 1. The normalized spacial score (nSPS) is 13.3. The van der Waals surface area contributed by atoms with Gasteiger partial charge in [-0.15, -0.1) is 0 Å². The van der Waals surface area contributed by atoms with E-state index in [1.165, 1.54) is 0 Å². The van der Waals surface area contributed by atoms with Gasteiger partial charge in [-0.25, -0.2) is 13.2 Å². The third-order valence-corrected chi connectivity index (χ3v) is 4.58. The average Bonchev–Trinajstić information content (AvgIpc) is 1.97. The van der Waals surface area contributed by atoms with Crippen LogP contribution in [0.25, 0.3) is 0 Å². The lowest BCUT2D eigenvalue weighted by Gasteiger charge is -2.21. The zero-order valence-corrected chi connectivity index (χ0v) is 12.3. The number of rotatable bonds is 3. The maximum absolute atomic E-state index is 11.7. The summed E-state index contributed by atoms with van der Waals surface area (Å²) in [5.41, 5.74) is -0.576. The van der Waals surface area contributed by atoms with E-state index in [2.05, 4.69) is 5.32 Å². The Bertz CT molecular complexity index is 360. The lowest BCUT2D eigenvalue weighted by Crippen LogP contribution is -2.38. The summed E-state index contributed by atoms with van der Waals surface area (Å²) in [5.74, 6) is -0.0876. The second-order valence-electron chi connectivity index (χ2n) is 5.86. The zero-order chi connectivity index (χ0) is 13.9. The van der Waals surface area contributed by atoms with Crippen LogP contribution >= 0.6 is 0 Å². The van der Waals surface area contributed by atoms with Crippen molar-refractivity contribution in [3.63, 3.8) is 0 Å². The molecule has 0 rings (SSSR count). The van der Waals surface area contributed by atoms with Crippen LogP contribution in [0.2, 0.25) is 0 Å². The van der Waals surface area contributed by atoms with Gasteiger partial charge in [0.15, 0.2) is 9.84 Å². The molecule has 17 heavy (non-hydrogen) atoms. The molecule has 0 unspecified atom stereocenters. The molecule has 0 saturated heterocycles. The SMILES string of the molecule is CC(C)(C)OC(=O)NCCS(=O)(=O)C(C)(C)C. The molecule has 0 fully saturated rings. The van der Waals surface area contributed by atoms with Gasteiger partial charge in [-0.2, -0.15) is 0 Å². The second-order valence-corrected chi connectivity index (χ2v) is 8.72. The molecular weight excluding hydrogens is 242 g/mol. The van der Waals surface area contributed by atoms with Gasteiger partial charge < -0.3 is 10.1 Å². The van der Waals surface area contributed by atoms with Gasteiger partial charge in [0.1, 0.15) is 5.60 Å². The van der Waals surface area contributed by atoms with Crippen LogP contribution in [-0.4, -0.2) is 37.2 Å². The van der Waals surface area contributed by atoms with E-state index in [4.69, 9.17) is 4.74 Å². The maximum atomic E-state index is 11.7. The third kappa shape index (κ3) is 6.51. The fraction of sp³-hybridized carbons (Fsp3) is 0.909. The highest BCUT2D eigenvalue weighted by Gasteiger charge is 2.28. The van der Waals surface area contributed by atoms with E-state index in [0.29, 0.717) is 0 Å². The topological polar surface area (TPSA) is 72.5 Å². The number of nitrogens with one attached hydrogen (secondary N) is 1. The molecule has 6 heteroatoms. The summed E-state index contributed by atoms with van der Waals surface area (Å²) in [6, 6.07) is 0. The van der Waals surface area contributed by atoms with Crippen molar-refractivity contribution in [2.45, 2.75) is 51.9 Å². The van der Waals surface area contributed by atoms with Crippen molar-refractivity contribution in [2.24, 2.45) is 0 Å². The Labute approximate surface area is 104 Å². The first-order valence-electron chi connectivity index (χ1n) is 5.54. The Morgan fingerprint density at radius 3 is 1.94 bits per heavy atom. The van der Waals surface area contributed by atoms with Gasteiger partial charge in [-0.3, -0.25) is 0 Å². The summed E-state index contributed by atoms with van der Waals surface area (Å²) in [6.07, 6.45) is -0.596.